The van der Waals surface area contributed by atoms with Gasteiger partial charge in [0.2, 0.25) is 0 Å². The molecule has 3 N–H and O–H groups in total. The van der Waals surface area contributed by atoms with Crippen molar-refractivity contribution in [3.05, 3.63) is 45.5 Å². The number of benzene rings is 1. The van der Waals surface area contributed by atoms with Crippen LogP contribution in [-0.2, 0) is 0 Å². The first-order chi connectivity index (χ1) is 12.2. The molecule has 2 aromatic heterocycles. The van der Waals surface area contributed by atoms with E-state index in [1.54, 1.807) is 18.3 Å². The van der Waals surface area contributed by atoms with Gasteiger partial charge in [0.15, 0.2) is 0 Å². The smallest absolute Gasteiger partial charge is 0.256 e. The summed E-state index contributed by atoms with van der Waals surface area (Å²) in [6, 6.07) is 5.34. The zero-order valence-corrected chi connectivity index (χ0v) is 16.3. The number of hydrogen-bond donors (Lipinski definition) is 2. The Balaban J connectivity index is 2.05. The molecule has 1 atom stereocenters. The van der Waals surface area contributed by atoms with Gasteiger partial charge in [-0.1, -0.05) is 25.4 Å². The molecule has 0 bridgehead atoms. The molecule has 26 heavy (non-hydrogen) atoms. The number of aryl methyl sites for hydroxylation is 1. The summed E-state index contributed by atoms with van der Waals surface area (Å²) < 4.78 is 5.88. The number of pyridine rings is 2. The van der Waals surface area contributed by atoms with E-state index in [9.17, 15) is 4.79 Å². The van der Waals surface area contributed by atoms with Crippen molar-refractivity contribution in [2.24, 2.45) is 11.7 Å². The number of H-pyrrole nitrogens is 1. The molecule has 0 saturated heterocycles. The van der Waals surface area contributed by atoms with Crippen LogP contribution in [-0.4, -0.2) is 22.1 Å². The van der Waals surface area contributed by atoms with E-state index in [1.165, 1.54) is 0 Å². The van der Waals surface area contributed by atoms with Gasteiger partial charge < -0.3 is 15.5 Å². The summed E-state index contributed by atoms with van der Waals surface area (Å²) in [5.41, 5.74) is 7.14. The molecule has 3 rings (SSSR count). The second-order valence-electron chi connectivity index (χ2n) is 7.64. The first-order valence-corrected chi connectivity index (χ1v) is 9.08. The fraction of sp³-hybridized carbons (Fsp3) is 0.400. The largest absolute Gasteiger partial charge is 0.490 e. The van der Waals surface area contributed by atoms with Crippen LogP contribution in [0.1, 0.15) is 32.9 Å². The molecule has 0 aliphatic heterocycles. The molecule has 6 heteroatoms. The van der Waals surface area contributed by atoms with E-state index in [0.29, 0.717) is 28.7 Å². The Morgan fingerprint density at radius 2 is 2.04 bits per heavy atom. The lowest BCUT2D eigenvalue weighted by Gasteiger charge is -2.27. The number of aromatic nitrogens is 2. The third kappa shape index (κ3) is 3.69. The Hall–Kier alpha value is -2.11. The highest BCUT2D eigenvalue weighted by atomic mass is 35.5. The topological polar surface area (TPSA) is 81.0 Å². The van der Waals surface area contributed by atoms with Crippen molar-refractivity contribution in [2.75, 3.05) is 6.61 Å². The molecule has 0 spiro atoms. The summed E-state index contributed by atoms with van der Waals surface area (Å²) in [6.45, 7) is 8.38. The Morgan fingerprint density at radius 1 is 1.31 bits per heavy atom. The lowest BCUT2D eigenvalue weighted by atomic mass is 9.93. The molecule has 2 heterocycles. The lowest BCUT2D eigenvalue weighted by molar-refractivity contribution is 0.207. The fourth-order valence-electron chi connectivity index (χ4n) is 3.44. The highest BCUT2D eigenvalue weighted by molar-refractivity contribution is 6.33. The molecule has 0 amide bonds. The standard InChI is InChI=1S/C20H24ClN3O2/c1-11(2)9-20(4,22)10-26-17-8-15-14(7-16(17)21)13-5-6-23-12(3)18(13)24-19(15)25/h5-8,11H,9-10,22H2,1-4H3,(H,24,25)/t20-/m0/s1. The summed E-state index contributed by atoms with van der Waals surface area (Å²) in [5.74, 6) is 0.932. The number of aromatic amines is 1. The average molecular weight is 374 g/mol. The van der Waals surface area contributed by atoms with Crippen molar-refractivity contribution < 1.29 is 4.74 Å². The summed E-state index contributed by atoms with van der Waals surface area (Å²) >= 11 is 6.44. The fourth-order valence-corrected chi connectivity index (χ4v) is 3.66. The maximum Gasteiger partial charge on any atom is 0.256 e. The number of ether oxygens (including phenoxy) is 1. The van der Waals surface area contributed by atoms with Gasteiger partial charge in [0.1, 0.15) is 12.4 Å². The summed E-state index contributed by atoms with van der Waals surface area (Å²) in [4.78, 5) is 19.7. The van der Waals surface area contributed by atoms with E-state index >= 15 is 0 Å². The number of nitrogens with one attached hydrogen (secondary N) is 1. The van der Waals surface area contributed by atoms with Crippen molar-refractivity contribution in [2.45, 2.75) is 39.7 Å². The quantitative estimate of drug-likeness (QED) is 0.657. The van der Waals surface area contributed by atoms with Gasteiger partial charge in [0.25, 0.3) is 5.56 Å². The molecule has 138 valence electrons. The Morgan fingerprint density at radius 3 is 2.73 bits per heavy atom. The molecular formula is C20H24ClN3O2. The third-order valence-electron chi connectivity index (χ3n) is 4.42. The molecule has 0 aliphatic rings. The van der Waals surface area contributed by atoms with Crippen LogP contribution in [0, 0.1) is 12.8 Å². The van der Waals surface area contributed by atoms with E-state index in [1.807, 2.05) is 19.9 Å². The van der Waals surface area contributed by atoms with Crippen molar-refractivity contribution >= 4 is 33.3 Å². The van der Waals surface area contributed by atoms with Crippen LogP contribution in [0.5, 0.6) is 5.75 Å². The first-order valence-electron chi connectivity index (χ1n) is 8.70. The number of halogens is 1. The maximum atomic E-state index is 12.5. The van der Waals surface area contributed by atoms with Crippen LogP contribution in [0.15, 0.2) is 29.2 Å². The van der Waals surface area contributed by atoms with Gasteiger partial charge in [-0.15, -0.1) is 0 Å². The number of nitrogens with two attached hydrogens (primary N) is 1. The number of hydrogen-bond acceptors (Lipinski definition) is 4. The average Bonchev–Trinajstić information content (AvgIpc) is 2.53. The second-order valence-corrected chi connectivity index (χ2v) is 8.05. The second kappa shape index (κ2) is 6.89. The molecule has 3 aromatic rings. The number of nitrogens with zero attached hydrogens (tertiary/aromatic N) is 1. The monoisotopic (exact) mass is 373 g/mol. The van der Waals surface area contributed by atoms with Gasteiger partial charge in [0, 0.05) is 17.1 Å². The maximum absolute atomic E-state index is 12.5. The van der Waals surface area contributed by atoms with E-state index in [2.05, 4.69) is 23.8 Å². The number of fused-ring (bicyclic) bond motifs is 3. The summed E-state index contributed by atoms with van der Waals surface area (Å²) in [7, 11) is 0. The predicted molar refractivity (Wildman–Crippen MR) is 107 cm³/mol. The minimum Gasteiger partial charge on any atom is -0.490 e. The van der Waals surface area contributed by atoms with E-state index in [0.717, 1.165) is 28.4 Å². The number of rotatable bonds is 5. The summed E-state index contributed by atoms with van der Waals surface area (Å²) in [5, 5.41) is 2.68. The minimum absolute atomic E-state index is 0.192. The zero-order valence-electron chi connectivity index (χ0n) is 15.5. The van der Waals surface area contributed by atoms with Crippen LogP contribution < -0.4 is 16.0 Å². The van der Waals surface area contributed by atoms with Crippen molar-refractivity contribution in [1.29, 1.82) is 0 Å². The van der Waals surface area contributed by atoms with Crippen molar-refractivity contribution in [1.82, 2.24) is 9.97 Å². The van der Waals surface area contributed by atoms with Gasteiger partial charge >= 0.3 is 0 Å². The molecule has 0 radical (unpaired) electrons. The normalized spacial score (nSPS) is 14.1. The third-order valence-corrected chi connectivity index (χ3v) is 4.71. The van der Waals surface area contributed by atoms with E-state index in [-0.39, 0.29) is 5.56 Å². The predicted octanol–water partition coefficient (Wildman–Crippen LogP) is 4.18. The SMILES string of the molecule is Cc1nccc2c1[nH]c(=O)c1cc(OC[C@@](C)(N)CC(C)C)c(Cl)cc12. The Labute approximate surface area is 157 Å². The van der Waals surface area contributed by atoms with Crippen LogP contribution in [0.4, 0.5) is 0 Å². The molecular weight excluding hydrogens is 350 g/mol. The van der Waals surface area contributed by atoms with E-state index in [4.69, 9.17) is 22.1 Å². The summed E-state index contributed by atoms with van der Waals surface area (Å²) in [6.07, 6.45) is 2.55. The van der Waals surface area contributed by atoms with Gasteiger partial charge in [-0.3, -0.25) is 9.78 Å². The molecule has 1 aromatic carbocycles. The van der Waals surface area contributed by atoms with Crippen LogP contribution in [0.25, 0.3) is 21.7 Å². The molecule has 0 saturated carbocycles. The van der Waals surface area contributed by atoms with Gasteiger partial charge in [-0.05, 0) is 49.8 Å². The van der Waals surface area contributed by atoms with Crippen molar-refractivity contribution in [3.63, 3.8) is 0 Å². The molecule has 0 unspecified atom stereocenters. The van der Waals surface area contributed by atoms with Gasteiger partial charge in [0.05, 0.1) is 21.6 Å². The molecule has 0 aliphatic carbocycles. The van der Waals surface area contributed by atoms with E-state index < -0.39 is 5.54 Å². The van der Waals surface area contributed by atoms with Crippen LogP contribution >= 0.6 is 11.6 Å². The van der Waals surface area contributed by atoms with Crippen LogP contribution in [0.2, 0.25) is 5.02 Å². The highest BCUT2D eigenvalue weighted by Gasteiger charge is 2.22. The Bertz CT molecular complexity index is 1020. The van der Waals surface area contributed by atoms with Crippen LogP contribution in [0.3, 0.4) is 0 Å². The van der Waals surface area contributed by atoms with Gasteiger partial charge in [-0.25, -0.2) is 0 Å². The Kier molecular flexibility index (Phi) is 4.95. The minimum atomic E-state index is -0.467. The highest BCUT2D eigenvalue weighted by Crippen LogP contribution is 2.32. The van der Waals surface area contributed by atoms with Gasteiger partial charge in [-0.2, -0.15) is 0 Å². The molecule has 5 nitrogen and oxygen atoms in total. The first kappa shape index (κ1) is 18.7. The molecule has 0 fully saturated rings. The zero-order chi connectivity index (χ0) is 19.1. The lowest BCUT2D eigenvalue weighted by Crippen LogP contribution is -2.43. The van der Waals surface area contributed by atoms with Crippen molar-refractivity contribution in [3.8, 4) is 5.75 Å².